The lowest BCUT2D eigenvalue weighted by atomic mass is 9.98. The van der Waals surface area contributed by atoms with E-state index in [-0.39, 0.29) is 11.9 Å². The van der Waals surface area contributed by atoms with Gasteiger partial charge in [-0.15, -0.1) is 0 Å². The van der Waals surface area contributed by atoms with Gasteiger partial charge in [0.15, 0.2) is 0 Å². The van der Waals surface area contributed by atoms with Gasteiger partial charge in [-0.25, -0.2) is 0 Å². The number of piperidine rings is 1. The number of thioether (sulfide) groups is 1. The first-order valence-electron chi connectivity index (χ1n) is 7.78. The van der Waals surface area contributed by atoms with Gasteiger partial charge in [-0.2, -0.15) is 11.8 Å². The molecule has 0 saturated carbocycles. The lowest BCUT2D eigenvalue weighted by molar-refractivity contribution is -0.144. The van der Waals surface area contributed by atoms with E-state index in [1.807, 2.05) is 4.90 Å². The van der Waals surface area contributed by atoms with Crippen molar-refractivity contribution >= 4 is 23.6 Å². The molecular formula is C15H28N2O3S. The van der Waals surface area contributed by atoms with Gasteiger partial charge in [-0.05, 0) is 52.2 Å². The number of hydrogen-bond donors (Lipinski definition) is 1. The molecule has 0 aromatic carbocycles. The average molecular weight is 316 g/mol. The molecule has 0 bridgehead atoms. The third-order valence-electron chi connectivity index (χ3n) is 3.87. The zero-order valence-electron chi connectivity index (χ0n) is 13.3. The van der Waals surface area contributed by atoms with Crippen LogP contribution in [0.2, 0.25) is 0 Å². The first-order valence-corrected chi connectivity index (χ1v) is 8.94. The number of ether oxygens (including phenoxy) is 1. The van der Waals surface area contributed by atoms with Gasteiger partial charge in [0.05, 0.1) is 12.4 Å². The van der Waals surface area contributed by atoms with Crippen molar-refractivity contribution in [2.45, 2.75) is 64.6 Å². The van der Waals surface area contributed by atoms with Gasteiger partial charge in [0.2, 0.25) is 5.91 Å². The van der Waals surface area contributed by atoms with E-state index in [0.717, 1.165) is 12.8 Å². The van der Waals surface area contributed by atoms with E-state index < -0.39 is 6.04 Å². The van der Waals surface area contributed by atoms with E-state index in [4.69, 9.17) is 10.5 Å². The molecule has 1 fully saturated rings. The Hall–Kier alpha value is -0.750. The molecule has 0 aliphatic carbocycles. The van der Waals surface area contributed by atoms with Crippen LogP contribution in [0.3, 0.4) is 0 Å². The number of carbonyl (C=O) groups is 2. The van der Waals surface area contributed by atoms with Gasteiger partial charge >= 0.3 is 5.97 Å². The Bertz CT molecular complexity index is 342. The molecule has 5 nitrogen and oxygen atoms in total. The molecule has 1 rings (SSSR count). The van der Waals surface area contributed by atoms with Gasteiger partial charge in [-0.3, -0.25) is 9.59 Å². The van der Waals surface area contributed by atoms with E-state index in [9.17, 15) is 9.59 Å². The molecule has 1 heterocycles. The summed E-state index contributed by atoms with van der Waals surface area (Å²) in [6, 6.07) is 0.0904. The van der Waals surface area contributed by atoms with Crippen LogP contribution >= 0.6 is 11.8 Å². The molecule has 1 aliphatic rings. The highest BCUT2D eigenvalue weighted by molar-refractivity contribution is 7.99. The average Bonchev–Trinajstić information content (AvgIpc) is 2.43. The Morgan fingerprint density at radius 3 is 2.52 bits per heavy atom. The normalized spacial score (nSPS) is 23.7. The zero-order valence-corrected chi connectivity index (χ0v) is 14.2. The molecule has 0 aromatic heterocycles. The van der Waals surface area contributed by atoms with Gasteiger partial charge in [-0.1, -0.05) is 0 Å². The minimum absolute atomic E-state index is 0.199. The largest absolute Gasteiger partial charge is 0.465 e. The standard InChI is InChI=1S/C15H28N2O3S/c1-4-20-15(19)13(16)8-9-21-10-14(18)17-11(2)6-5-7-12(17)3/h11-13H,4-10,16H2,1-3H3. The summed E-state index contributed by atoms with van der Waals surface area (Å²) in [5.74, 6) is 0.999. The molecule has 6 heteroatoms. The summed E-state index contributed by atoms with van der Waals surface area (Å²) in [5, 5.41) is 0. The van der Waals surface area contributed by atoms with Crippen LogP contribution in [-0.4, -0.2) is 53.0 Å². The minimum Gasteiger partial charge on any atom is -0.465 e. The van der Waals surface area contributed by atoms with Crippen LogP contribution in [0.5, 0.6) is 0 Å². The number of hydrogen-bond acceptors (Lipinski definition) is 5. The molecule has 1 saturated heterocycles. The predicted molar refractivity (Wildman–Crippen MR) is 86.2 cm³/mol. The Balaban J connectivity index is 2.25. The second-order valence-corrected chi connectivity index (χ2v) is 6.73. The topological polar surface area (TPSA) is 72.6 Å². The number of likely N-dealkylation sites (tertiary alicyclic amines) is 1. The molecule has 1 amide bonds. The SMILES string of the molecule is CCOC(=O)C(N)CCSCC(=O)N1C(C)CCCC1C. The number of esters is 1. The van der Waals surface area contributed by atoms with Crippen molar-refractivity contribution in [3.05, 3.63) is 0 Å². The maximum Gasteiger partial charge on any atom is 0.322 e. The van der Waals surface area contributed by atoms with E-state index >= 15 is 0 Å². The smallest absolute Gasteiger partial charge is 0.322 e. The fourth-order valence-electron chi connectivity index (χ4n) is 2.72. The molecular weight excluding hydrogens is 288 g/mol. The van der Waals surface area contributed by atoms with Gasteiger partial charge in [0.1, 0.15) is 6.04 Å². The number of nitrogens with two attached hydrogens (primary N) is 1. The summed E-state index contributed by atoms with van der Waals surface area (Å²) in [5.41, 5.74) is 5.72. The zero-order chi connectivity index (χ0) is 15.8. The van der Waals surface area contributed by atoms with Crippen LogP contribution in [0.1, 0.15) is 46.5 Å². The summed E-state index contributed by atoms with van der Waals surface area (Å²) >= 11 is 1.54. The van der Waals surface area contributed by atoms with Crippen LogP contribution in [0.4, 0.5) is 0 Å². The Morgan fingerprint density at radius 1 is 1.33 bits per heavy atom. The second-order valence-electron chi connectivity index (χ2n) is 5.63. The molecule has 21 heavy (non-hydrogen) atoms. The third kappa shape index (κ3) is 5.87. The predicted octanol–water partition coefficient (Wildman–Crippen LogP) is 1.79. The van der Waals surface area contributed by atoms with E-state index in [0.29, 0.717) is 36.6 Å². The molecule has 1 aliphatic heterocycles. The second kappa shape index (κ2) is 9.30. The monoisotopic (exact) mass is 316 g/mol. The molecule has 0 spiro atoms. The lowest BCUT2D eigenvalue weighted by Gasteiger charge is -2.39. The van der Waals surface area contributed by atoms with Crippen LogP contribution in [-0.2, 0) is 14.3 Å². The van der Waals surface area contributed by atoms with Gasteiger partial charge in [0, 0.05) is 12.1 Å². The van der Waals surface area contributed by atoms with Crippen LogP contribution < -0.4 is 5.73 Å². The Kier molecular flexibility index (Phi) is 8.11. The molecule has 2 N–H and O–H groups in total. The van der Waals surface area contributed by atoms with Crippen molar-refractivity contribution in [2.24, 2.45) is 5.73 Å². The number of amides is 1. The van der Waals surface area contributed by atoms with E-state index in [1.54, 1.807) is 18.7 Å². The molecule has 0 aromatic rings. The molecule has 0 radical (unpaired) electrons. The summed E-state index contributed by atoms with van der Waals surface area (Å²) in [6.45, 7) is 6.35. The van der Waals surface area contributed by atoms with Gasteiger partial charge in [0.25, 0.3) is 0 Å². The summed E-state index contributed by atoms with van der Waals surface area (Å²) in [7, 11) is 0. The molecule has 3 unspecified atom stereocenters. The minimum atomic E-state index is -0.583. The van der Waals surface area contributed by atoms with Crippen LogP contribution in [0.15, 0.2) is 0 Å². The van der Waals surface area contributed by atoms with E-state index in [1.165, 1.54) is 6.42 Å². The summed E-state index contributed by atoms with van der Waals surface area (Å²) < 4.78 is 4.86. The first kappa shape index (κ1) is 18.3. The van der Waals surface area contributed by atoms with Crippen LogP contribution in [0, 0.1) is 0 Å². The summed E-state index contributed by atoms with van der Waals surface area (Å²) in [6.07, 6.45) is 3.93. The van der Waals surface area contributed by atoms with Crippen molar-refractivity contribution in [2.75, 3.05) is 18.1 Å². The van der Waals surface area contributed by atoms with Crippen molar-refractivity contribution < 1.29 is 14.3 Å². The Labute approximate surface area is 132 Å². The highest BCUT2D eigenvalue weighted by Crippen LogP contribution is 2.23. The van der Waals surface area contributed by atoms with E-state index in [2.05, 4.69) is 13.8 Å². The fraction of sp³-hybridized carbons (Fsp3) is 0.867. The van der Waals surface area contributed by atoms with Crippen molar-refractivity contribution in [3.8, 4) is 0 Å². The van der Waals surface area contributed by atoms with Crippen LogP contribution in [0.25, 0.3) is 0 Å². The lowest BCUT2D eigenvalue weighted by Crippen LogP contribution is -2.48. The maximum atomic E-state index is 12.3. The van der Waals surface area contributed by atoms with Crippen molar-refractivity contribution in [1.82, 2.24) is 4.90 Å². The summed E-state index contributed by atoms with van der Waals surface area (Å²) in [4.78, 5) is 25.7. The Morgan fingerprint density at radius 2 is 1.95 bits per heavy atom. The quantitative estimate of drug-likeness (QED) is 0.572. The highest BCUT2D eigenvalue weighted by Gasteiger charge is 2.28. The number of rotatable bonds is 7. The fourth-order valence-corrected chi connectivity index (χ4v) is 3.61. The molecule has 122 valence electrons. The third-order valence-corrected chi connectivity index (χ3v) is 4.85. The molecule has 3 atom stereocenters. The first-order chi connectivity index (χ1) is 9.97. The maximum absolute atomic E-state index is 12.3. The highest BCUT2D eigenvalue weighted by atomic mass is 32.2. The number of carbonyl (C=O) groups excluding carboxylic acids is 2. The number of nitrogens with zero attached hydrogens (tertiary/aromatic N) is 1. The van der Waals surface area contributed by atoms with Crippen molar-refractivity contribution in [1.29, 1.82) is 0 Å². The van der Waals surface area contributed by atoms with Crippen molar-refractivity contribution in [3.63, 3.8) is 0 Å². The van der Waals surface area contributed by atoms with Gasteiger partial charge < -0.3 is 15.4 Å².